The molecule has 2 rings (SSSR count). The number of furan rings is 1. The van der Waals surface area contributed by atoms with Crippen molar-refractivity contribution in [1.82, 2.24) is 4.90 Å². The zero-order valence-corrected chi connectivity index (χ0v) is 11.8. The molecule has 0 fully saturated rings. The molecule has 0 bridgehead atoms. The maximum atomic E-state index is 13.3. The fraction of sp³-hybridized carbons (Fsp3) is 0.286. The second-order valence-electron chi connectivity index (χ2n) is 4.16. The van der Waals surface area contributed by atoms with Crippen LogP contribution in [0, 0.1) is 5.82 Å². The normalized spacial score (nSPS) is 11.1. The van der Waals surface area contributed by atoms with Gasteiger partial charge in [0.25, 0.3) is 0 Å². The Bertz CT molecular complexity index is 478. The van der Waals surface area contributed by atoms with Gasteiger partial charge in [-0.3, -0.25) is 4.90 Å². The van der Waals surface area contributed by atoms with Gasteiger partial charge in [0.2, 0.25) is 0 Å². The summed E-state index contributed by atoms with van der Waals surface area (Å²) in [6, 6.07) is 8.79. The Balaban J connectivity index is 2.05. The molecule has 0 aliphatic rings. The Morgan fingerprint density at radius 2 is 2.11 bits per heavy atom. The minimum absolute atomic E-state index is 0.214. The van der Waals surface area contributed by atoms with E-state index in [1.165, 1.54) is 6.07 Å². The van der Waals surface area contributed by atoms with E-state index in [0.29, 0.717) is 6.54 Å². The fourth-order valence-electron chi connectivity index (χ4n) is 1.86. The summed E-state index contributed by atoms with van der Waals surface area (Å²) in [5, 5.41) is 0. The Hall–Kier alpha value is -1.13. The van der Waals surface area contributed by atoms with Gasteiger partial charge in [-0.05, 0) is 42.4 Å². The summed E-state index contributed by atoms with van der Waals surface area (Å²) in [6.07, 6.45) is 1.67. The first kappa shape index (κ1) is 13.3. The van der Waals surface area contributed by atoms with Gasteiger partial charge in [-0.15, -0.1) is 0 Å². The van der Waals surface area contributed by atoms with Crippen LogP contribution in [0.15, 0.2) is 45.5 Å². The predicted octanol–water partition coefficient (Wildman–Crippen LogP) is 4.20. The highest BCUT2D eigenvalue weighted by molar-refractivity contribution is 9.10. The van der Waals surface area contributed by atoms with Crippen LogP contribution >= 0.6 is 15.9 Å². The van der Waals surface area contributed by atoms with E-state index >= 15 is 0 Å². The molecule has 1 aromatic carbocycles. The monoisotopic (exact) mass is 311 g/mol. The van der Waals surface area contributed by atoms with Gasteiger partial charge in [-0.1, -0.05) is 22.9 Å². The maximum Gasteiger partial charge on any atom is 0.124 e. The molecule has 0 saturated carbocycles. The van der Waals surface area contributed by atoms with Gasteiger partial charge in [0, 0.05) is 11.0 Å². The number of hydrogen-bond acceptors (Lipinski definition) is 2. The lowest BCUT2D eigenvalue weighted by Crippen LogP contribution is -2.22. The van der Waals surface area contributed by atoms with Crippen molar-refractivity contribution in [1.29, 1.82) is 0 Å². The molecule has 0 N–H and O–H groups in total. The Morgan fingerprint density at radius 1 is 1.28 bits per heavy atom. The Kier molecular flexibility index (Phi) is 4.55. The molecule has 0 aliphatic carbocycles. The van der Waals surface area contributed by atoms with Crippen molar-refractivity contribution >= 4 is 15.9 Å². The van der Waals surface area contributed by atoms with Crippen molar-refractivity contribution in [2.75, 3.05) is 6.54 Å². The molecule has 0 aliphatic heterocycles. The summed E-state index contributed by atoms with van der Waals surface area (Å²) in [5.41, 5.74) is 0.954. The van der Waals surface area contributed by atoms with E-state index in [-0.39, 0.29) is 5.82 Å². The number of nitrogens with zero attached hydrogens (tertiary/aromatic N) is 1. The molecule has 0 radical (unpaired) electrons. The van der Waals surface area contributed by atoms with Crippen molar-refractivity contribution in [2.45, 2.75) is 20.0 Å². The van der Waals surface area contributed by atoms with Gasteiger partial charge in [0.05, 0.1) is 12.8 Å². The van der Waals surface area contributed by atoms with E-state index in [9.17, 15) is 4.39 Å². The number of halogens is 2. The standard InChI is InChI=1S/C14H15BrFNO/c1-2-17(10-14-4-3-5-18-14)9-11-6-12(15)8-13(16)7-11/h3-8H,2,9-10H2,1H3. The van der Waals surface area contributed by atoms with Gasteiger partial charge < -0.3 is 4.42 Å². The second kappa shape index (κ2) is 6.16. The number of rotatable bonds is 5. The first-order valence-electron chi connectivity index (χ1n) is 5.87. The highest BCUT2D eigenvalue weighted by Gasteiger charge is 2.08. The van der Waals surface area contributed by atoms with Gasteiger partial charge in [0.15, 0.2) is 0 Å². The van der Waals surface area contributed by atoms with Gasteiger partial charge in [-0.25, -0.2) is 4.39 Å². The summed E-state index contributed by atoms with van der Waals surface area (Å²) in [7, 11) is 0. The predicted molar refractivity (Wildman–Crippen MR) is 72.6 cm³/mol. The quantitative estimate of drug-likeness (QED) is 0.822. The van der Waals surface area contributed by atoms with Crippen LogP contribution in [-0.2, 0) is 13.1 Å². The molecule has 0 saturated heterocycles. The van der Waals surface area contributed by atoms with Gasteiger partial charge in [-0.2, -0.15) is 0 Å². The molecular formula is C14H15BrFNO. The minimum Gasteiger partial charge on any atom is -0.468 e. The second-order valence-corrected chi connectivity index (χ2v) is 5.08. The zero-order chi connectivity index (χ0) is 13.0. The topological polar surface area (TPSA) is 16.4 Å². The largest absolute Gasteiger partial charge is 0.468 e. The molecule has 18 heavy (non-hydrogen) atoms. The van der Waals surface area contributed by atoms with Crippen molar-refractivity contribution in [3.63, 3.8) is 0 Å². The van der Waals surface area contributed by atoms with E-state index in [2.05, 4.69) is 27.8 Å². The molecule has 0 amide bonds. The molecule has 2 aromatic rings. The van der Waals surface area contributed by atoms with Crippen LogP contribution in [0.4, 0.5) is 4.39 Å². The molecule has 1 aromatic heterocycles. The molecule has 0 unspecified atom stereocenters. The lowest BCUT2D eigenvalue weighted by molar-refractivity contribution is 0.247. The molecule has 4 heteroatoms. The van der Waals surface area contributed by atoms with Crippen LogP contribution in [0.2, 0.25) is 0 Å². The summed E-state index contributed by atoms with van der Waals surface area (Å²) in [6.45, 7) is 4.40. The van der Waals surface area contributed by atoms with E-state index in [4.69, 9.17) is 4.42 Å². The number of benzene rings is 1. The summed E-state index contributed by atoms with van der Waals surface area (Å²) < 4.78 is 19.4. The molecule has 1 heterocycles. The lowest BCUT2D eigenvalue weighted by atomic mass is 10.2. The zero-order valence-electron chi connectivity index (χ0n) is 10.2. The Labute approximate surface area is 115 Å². The van der Waals surface area contributed by atoms with Gasteiger partial charge in [0.1, 0.15) is 11.6 Å². The molecular weight excluding hydrogens is 297 g/mol. The van der Waals surface area contributed by atoms with Crippen molar-refractivity contribution in [2.24, 2.45) is 0 Å². The van der Waals surface area contributed by atoms with Crippen LogP contribution in [0.25, 0.3) is 0 Å². The summed E-state index contributed by atoms with van der Waals surface area (Å²) >= 11 is 3.31. The Morgan fingerprint density at radius 3 is 2.72 bits per heavy atom. The third-order valence-electron chi connectivity index (χ3n) is 2.74. The van der Waals surface area contributed by atoms with E-state index in [1.54, 1.807) is 12.3 Å². The number of hydrogen-bond donors (Lipinski definition) is 0. The average molecular weight is 312 g/mol. The van der Waals surface area contributed by atoms with Crippen molar-refractivity contribution < 1.29 is 8.81 Å². The summed E-state index contributed by atoms with van der Waals surface area (Å²) in [5.74, 6) is 0.709. The minimum atomic E-state index is -0.214. The highest BCUT2D eigenvalue weighted by atomic mass is 79.9. The van der Waals surface area contributed by atoms with E-state index in [1.807, 2.05) is 18.2 Å². The molecule has 0 atom stereocenters. The van der Waals surface area contributed by atoms with Crippen molar-refractivity contribution in [3.8, 4) is 0 Å². The molecule has 0 spiro atoms. The lowest BCUT2D eigenvalue weighted by Gasteiger charge is -2.19. The molecule has 96 valence electrons. The SMILES string of the molecule is CCN(Cc1cc(F)cc(Br)c1)Cc1ccco1. The van der Waals surface area contributed by atoms with Crippen LogP contribution < -0.4 is 0 Å². The smallest absolute Gasteiger partial charge is 0.124 e. The van der Waals surface area contributed by atoms with Crippen molar-refractivity contribution in [3.05, 3.63) is 58.2 Å². The van der Waals surface area contributed by atoms with E-state index in [0.717, 1.165) is 28.9 Å². The first-order chi connectivity index (χ1) is 8.67. The fourth-order valence-corrected chi connectivity index (χ4v) is 2.38. The highest BCUT2D eigenvalue weighted by Crippen LogP contribution is 2.17. The van der Waals surface area contributed by atoms with Crippen LogP contribution in [0.1, 0.15) is 18.2 Å². The van der Waals surface area contributed by atoms with Crippen LogP contribution in [-0.4, -0.2) is 11.4 Å². The van der Waals surface area contributed by atoms with E-state index < -0.39 is 0 Å². The van der Waals surface area contributed by atoms with Crippen LogP contribution in [0.5, 0.6) is 0 Å². The summed E-state index contributed by atoms with van der Waals surface area (Å²) in [4.78, 5) is 2.19. The average Bonchev–Trinajstić information content (AvgIpc) is 2.79. The first-order valence-corrected chi connectivity index (χ1v) is 6.66. The third kappa shape index (κ3) is 3.68. The third-order valence-corrected chi connectivity index (χ3v) is 3.19. The van der Waals surface area contributed by atoms with Gasteiger partial charge >= 0.3 is 0 Å². The molecule has 2 nitrogen and oxygen atoms in total. The maximum absolute atomic E-state index is 13.3. The van der Waals surface area contributed by atoms with Crippen LogP contribution in [0.3, 0.4) is 0 Å².